The molecule has 2 rings (SSSR count). The molecule has 1 amide bonds. The van der Waals surface area contributed by atoms with Crippen LogP contribution >= 0.6 is 11.3 Å². The Morgan fingerprint density at radius 3 is 2.82 bits per heavy atom. The molecule has 6 nitrogen and oxygen atoms in total. The molecule has 0 aromatic carbocycles. The minimum Gasteiger partial charge on any atom is -0.356 e. The number of sulfonamides is 1. The van der Waals surface area contributed by atoms with Gasteiger partial charge in [-0.3, -0.25) is 4.79 Å². The largest absolute Gasteiger partial charge is 0.356 e. The molecular formula is C14H23N3O3S2. The third-order valence-corrected chi connectivity index (χ3v) is 7.45. The van der Waals surface area contributed by atoms with Crippen molar-refractivity contribution in [3.63, 3.8) is 0 Å². The summed E-state index contributed by atoms with van der Waals surface area (Å²) in [6.07, 6.45) is 1.43. The average molecular weight is 345 g/mol. The molecule has 0 aliphatic carbocycles. The minimum atomic E-state index is -3.43. The smallest absolute Gasteiger partial charge is 0.252 e. The Morgan fingerprint density at radius 2 is 2.23 bits per heavy atom. The van der Waals surface area contributed by atoms with E-state index < -0.39 is 10.0 Å². The molecule has 0 saturated carbocycles. The van der Waals surface area contributed by atoms with Crippen LogP contribution in [0.4, 0.5) is 0 Å². The Kier molecular flexibility index (Phi) is 5.26. The van der Waals surface area contributed by atoms with Gasteiger partial charge in [0.1, 0.15) is 4.21 Å². The van der Waals surface area contributed by atoms with Gasteiger partial charge in [-0.05, 0) is 36.9 Å². The summed E-state index contributed by atoms with van der Waals surface area (Å²) >= 11 is 1.27. The Balaban J connectivity index is 2.05. The number of carbonyl (C=O) groups excluding carboxylic acids is 1. The molecular weight excluding hydrogens is 322 g/mol. The van der Waals surface area contributed by atoms with Crippen molar-refractivity contribution in [2.24, 2.45) is 11.1 Å². The Hall–Kier alpha value is -0.960. The van der Waals surface area contributed by atoms with Crippen LogP contribution in [-0.2, 0) is 21.2 Å². The number of rotatable bonds is 6. The van der Waals surface area contributed by atoms with Crippen molar-refractivity contribution in [2.75, 3.05) is 26.2 Å². The summed E-state index contributed by atoms with van der Waals surface area (Å²) in [5, 5.41) is 2.71. The fourth-order valence-electron chi connectivity index (χ4n) is 2.47. The van der Waals surface area contributed by atoms with Crippen LogP contribution in [0.25, 0.3) is 0 Å². The number of nitrogens with one attached hydrogen (secondary N) is 1. The fourth-order valence-corrected chi connectivity index (χ4v) is 5.57. The summed E-state index contributed by atoms with van der Waals surface area (Å²) in [6.45, 7) is 5.50. The van der Waals surface area contributed by atoms with Crippen molar-refractivity contribution < 1.29 is 13.2 Å². The zero-order valence-corrected chi connectivity index (χ0v) is 14.6. The van der Waals surface area contributed by atoms with Crippen molar-refractivity contribution >= 4 is 27.3 Å². The van der Waals surface area contributed by atoms with Crippen LogP contribution in [0.5, 0.6) is 0 Å². The van der Waals surface area contributed by atoms with E-state index in [0.29, 0.717) is 36.8 Å². The molecule has 8 heteroatoms. The molecule has 1 aliphatic rings. The molecule has 22 heavy (non-hydrogen) atoms. The molecule has 0 spiro atoms. The summed E-state index contributed by atoms with van der Waals surface area (Å²) in [5.41, 5.74) is 5.62. The van der Waals surface area contributed by atoms with E-state index in [0.717, 1.165) is 11.3 Å². The van der Waals surface area contributed by atoms with E-state index in [4.69, 9.17) is 5.73 Å². The molecule has 3 N–H and O–H groups in total. The van der Waals surface area contributed by atoms with Gasteiger partial charge in [0.15, 0.2) is 0 Å². The number of amides is 1. The van der Waals surface area contributed by atoms with E-state index in [1.807, 2.05) is 13.0 Å². The summed E-state index contributed by atoms with van der Waals surface area (Å²) in [7, 11) is -3.43. The van der Waals surface area contributed by atoms with Crippen molar-refractivity contribution in [3.05, 3.63) is 17.0 Å². The second-order valence-electron chi connectivity index (χ2n) is 6.06. The van der Waals surface area contributed by atoms with Gasteiger partial charge < -0.3 is 11.1 Å². The number of thiophene rings is 1. The highest BCUT2D eigenvalue weighted by atomic mass is 32.2. The van der Waals surface area contributed by atoms with Gasteiger partial charge in [0.2, 0.25) is 5.91 Å². The molecule has 2 heterocycles. The van der Waals surface area contributed by atoms with Crippen molar-refractivity contribution in [2.45, 2.75) is 30.9 Å². The van der Waals surface area contributed by atoms with Gasteiger partial charge in [0.25, 0.3) is 10.0 Å². The van der Waals surface area contributed by atoms with Crippen LogP contribution in [0.1, 0.15) is 25.1 Å². The van der Waals surface area contributed by atoms with E-state index in [9.17, 15) is 13.2 Å². The van der Waals surface area contributed by atoms with Gasteiger partial charge in [0, 0.05) is 31.4 Å². The predicted octanol–water partition coefficient (Wildman–Crippen LogP) is 0.786. The third-order valence-electron chi connectivity index (χ3n) is 3.99. The van der Waals surface area contributed by atoms with Crippen LogP contribution in [-0.4, -0.2) is 44.8 Å². The standard InChI is InChI=1S/C14H23N3O3S2/c1-11(18)16-7-5-12-3-4-13(21-12)22(19,20)17-8-6-14(2,9-15)10-17/h3-4H,5-10,15H2,1-2H3,(H,16,18). The maximum Gasteiger partial charge on any atom is 0.252 e. The molecule has 1 unspecified atom stereocenters. The van der Waals surface area contributed by atoms with Gasteiger partial charge in [0.05, 0.1) is 0 Å². The van der Waals surface area contributed by atoms with Gasteiger partial charge >= 0.3 is 0 Å². The Labute approximate surface area is 135 Å². The lowest BCUT2D eigenvalue weighted by Gasteiger charge is -2.21. The summed E-state index contributed by atoms with van der Waals surface area (Å²) in [6, 6.07) is 3.47. The van der Waals surface area contributed by atoms with E-state index in [-0.39, 0.29) is 11.3 Å². The number of hydrogen-bond acceptors (Lipinski definition) is 5. The van der Waals surface area contributed by atoms with Crippen LogP contribution in [0, 0.1) is 5.41 Å². The number of nitrogens with two attached hydrogens (primary N) is 1. The summed E-state index contributed by atoms with van der Waals surface area (Å²) in [4.78, 5) is 11.8. The lowest BCUT2D eigenvalue weighted by Crippen LogP contribution is -2.34. The highest BCUT2D eigenvalue weighted by molar-refractivity contribution is 7.91. The molecule has 124 valence electrons. The normalized spacial score (nSPS) is 22.9. The second kappa shape index (κ2) is 6.66. The molecule has 1 aromatic heterocycles. The van der Waals surface area contributed by atoms with Crippen LogP contribution in [0.3, 0.4) is 0 Å². The Bertz CT molecular complexity index is 642. The molecule has 0 radical (unpaired) electrons. The fraction of sp³-hybridized carbons (Fsp3) is 0.643. The zero-order chi connectivity index (χ0) is 16.4. The van der Waals surface area contributed by atoms with Crippen LogP contribution in [0.2, 0.25) is 0 Å². The van der Waals surface area contributed by atoms with Gasteiger partial charge in [-0.1, -0.05) is 6.92 Å². The maximum absolute atomic E-state index is 12.7. The first-order valence-corrected chi connectivity index (χ1v) is 9.56. The SMILES string of the molecule is CC(=O)NCCc1ccc(S(=O)(=O)N2CCC(C)(CN)C2)s1. The first-order valence-electron chi connectivity index (χ1n) is 7.30. The first kappa shape index (κ1) is 17.4. The Morgan fingerprint density at radius 1 is 1.50 bits per heavy atom. The predicted molar refractivity (Wildman–Crippen MR) is 87.2 cm³/mol. The lowest BCUT2D eigenvalue weighted by molar-refractivity contribution is -0.118. The summed E-state index contributed by atoms with van der Waals surface area (Å²) < 4.78 is 27.2. The van der Waals surface area contributed by atoms with Crippen LogP contribution < -0.4 is 11.1 Å². The summed E-state index contributed by atoms with van der Waals surface area (Å²) in [5.74, 6) is -0.0810. The molecule has 1 atom stereocenters. The van der Waals surface area contributed by atoms with Gasteiger partial charge in [-0.25, -0.2) is 8.42 Å². The average Bonchev–Trinajstić information content (AvgIpc) is 3.06. The number of nitrogens with zero attached hydrogens (tertiary/aromatic N) is 1. The monoisotopic (exact) mass is 345 g/mol. The van der Waals surface area contributed by atoms with Gasteiger partial charge in [-0.15, -0.1) is 11.3 Å². The lowest BCUT2D eigenvalue weighted by atomic mass is 9.90. The number of hydrogen-bond donors (Lipinski definition) is 2. The molecule has 1 fully saturated rings. The quantitative estimate of drug-likeness (QED) is 0.797. The molecule has 1 aliphatic heterocycles. The highest BCUT2D eigenvalue weighted by Gasteiger charge is 2.39. The first-order chi connectivity index (χ1) is 10.3. The minimum absolute atomic E-state index is 0.0810. The van der Waals surface area contributed by atoms with E-state index in [2.05, 4.69) is 5.32 Å². The molecule has 1 aromatic rings. The van der Waals surface area contributed by atoms with E-state index in [1.165, 1.54) is 22.6 Å². The highest BCUT2D eigenvalue weighted by Crippen LogP contribution is 2.34. The topological polar surface area (TPSA) is 92.5 Å². The third kappa shape index (κ3) is 3.87. The maximum atomic E-state index is 12.7. The van der Waals surface area contributed by atoms with E-state index in [1.54, 1.807) is 6.07 Å². The zero-order valence-electron chi connectivity index (χ0n) is 13.0. The van der Waals surface area contributed by atoms with Crippen molar-refractivity contribution in [1.29, 1.82) is 0 Å². The number of carbonyl (C=O) groups is 1. The van der Waals surface area contributed by atoms with Crippen LogP contribution in [0.15, 0.2) is 16.3 Å². The van der Waals surface area contributed by atoms with E-state index >= 15 is 0 Å². The van der Waals surface area contributed by atoms with Crippen molar-refractivity contribution in [1.82, 2.24) is 9.62 Å². The van der Waals surface area contributed by atoms with Crippen molar-refractivity contribution in [3.8, 4) is 0 Å². The molecule has 1 saturated heterocycles. The molecule has 0 bridgehead atoms. The second-order valence-corrected chi connectivity index (χ2v) is 9.39. The van der Waals surface area contributed by atoms with Gasteiger partial charge in [-0.2, -0.15) is 4.31 Å².